The maximum Gasteiger partial charge on any atom is 0.140 e. The van der Waals surface area contributed by atoms with Gasteiger partial charge in [-0.2, -0.15) is 0 Å². The van der Waals surface area contributed by atoms with Crippen molar-refractivity contribution < 1.29 is 4.74 Å². The first-order chi connectivity index (χ1) is 11.8. The summed E-state index contributed by atoms with van der Waals surface area (Å²) in [6.07, 6.45) is 7.79. The van der Waals surface area contributed by atoms with Gasteiger partial charge in [-0.1, -0.05) is 0 Å². The summed E-state index contributed by atoms with van der Waals surface area (Å²) in [6, 6.07) is 5.63. The monoisotopic (exact) mass is 324 g/mol. The number of hydrogen-bond donors (Lipinski definition) is 1. The Kier molecular flexibility index (Phi) is 4.00. The molecular weight excluding hydrogens is 304 g/mol. The lowest BCUT2D eigenvalue weighted by molar-refractivity contribution is 0.238. The van der Waals surface area contributed by atoms with Gasteiger partial charge in [0.2, 0.25) is 0 Å². The lowest BCUT2D eigenvalue weighted by Gasteiger charge is -2.15. The molecule has 1 saturated heterocycles. The Bertz CT molecular complexity index is 840. The van der Waals surface area contributed by atoms with Gasteiger partial charge >= 0.3 is 0 Å². The highest BCUT2D eigenvalue weighted by Gasteiger charge is 2.12. The first kappa shape index (κ1) is 14.9. The maximum absolute atomic E-state index is 5.87. The van der Waals surface area contributed by atoms with Crippen LogP contribution in [0.1, 0.15) is 12.8 Å². The first-order valence-electron chi connectivity index (χ1n) is 8.20. The summed E-state index contributed by atoms with van der Waals surface area (Å²) in [6.45, 7) is 4.05. The van der Waals surface area contributed by atoms with Crippen molar-refractivity contribution in [3.8, 4) is 17.1 Å². The normalized spacial score (nSPS) is 15.2. The average Bonchev–Trinajstić information content (AvgIpc) is 3.24. The number of anilines is 1. The number of nitrogens with zero attached hydrogens (tertiary/aromatic N) is 5. The molecule has 1 aliphatic rings. The van der Waals surface area contributed by atoms with Gasteiger partial charge in [0.05, 0.1) is 17.6 Å². The van der Waals surface area contributed by atoms with Crippen LogP contribution in [0.25, 0.3) is 17.0 Å². The molecule has 7 nitrogen and oxygen atoms in total. The number of imidazole rings is 1. The summed E-state index contributed by atoms with van der Waals surface area (Å²) in [5.41, 5.74) is 8.18. The van der Waals surface area contributed by atoms with Gasteiger partial charge in [-0.25, -0.2) is 15.0 Å². The predicted octanol–water partition coefficient (Wildman–Crippen LogP) is 1.85. The highest BCUT2D eigenvalue weighted by Crippen LogP contribution is 2.22. The van der Waals surface area contributed by atoms with Crippen LogP contribution in [0.4, 0.5) is 5.82 Å². The second kappa shape index (κ2) is 6.45. The molecule has 3 aromatic rings. The summed E-state index contributed by atoms with van der Waals surface area (Å²) in [7, 11) is 0. The molecule has 4 rings (SSSR count). The smallest absolute Gasteiger partial charge is 0.140 e. The number of aromatic nitrogens is 4. The molecule has 1 fully saturated rings. The highest BCUT2D eigenvalue weighted by molar-refractivity contribution is 5.62. The van der Waals surface area contributed by atoms with Gasteiger partial charge in [0.15, 0.2) is 0 Å². The Labute approximate surface area is 140 Å². The van der Waals surface area contributed by atoms with E-state index in [0.717, 1.165) is 29.3 Å². The van der Waals surface area contributed by atoms with Crippen LogP contribution < -0.4 is 10.5 Å². The number of nitrogens with two attached hydrogens (primary N) is 1. The molecule has 0 unspecified atom stereocenters. The molecule has 7 heteroatoms. The van der Waals surface area contributed by atoms with E-state index in [1.165, 1.54) is 32.3 Å². The minimum absolute atomic E-state index is 0.441. The SMILES string of the molecule is Nc1cc(-c2cnc3cc(OCCN4CCCC4)ccn23)ncn1. The van der Waals surface area contributed by atoms with Gasteiger partial charge in [0, 0.05) is 24.9 Å². The molecule has 0 saturated carbocycles. The Balaban J connectivity index is 1.50. The molecule has 0 atom stereocenters. The topological polar surface area (TPSA) is 81.6 Å². The van der Waals surface area contributed by atoms with E-state index in [0.29, 0.717) is 12.4 Å². The van der Waals surface area contributed by atoms with E-state index in [4.69, 9.17) is 10.5 Å². The quantitative estimate of drug-likeness (QED) is 0.771. The number of ether oxygens (including phenoxy) is 1. The maximum atomic E-state index is 5.87. The summed E-state index contributed by atoms with van der Waals surface area (Å²) < 4.78 is 7.84. The third-order valence-corrected chi connectivity index (χ3v) is 4.31. The van der Waals surface area contributed by atoms with Crippen LogP contribution in [0.3, 0.4) is 0 Å². The van der Waals surface area contributed by atoms with Gasteiger partial charge in [0.25, 0.3) is 0 Å². The Morgan fingerprint density at radius 2 is 2.00 bits per heavy atom. The molecule has 3 aromatic heterocycles. The number of hydrogen-bond acceptors (Lipinski definition) is 6. The molecule has 0 aromatic carbocycles. The standard InChI is InChI=1S/C17H20N6O/c18-16-10-14(20-12-21-16)15-11-19-17-9-13(3-6-23(15)17)24-8-7-22-4-1-2-5-22/h3,6,9-12H,1-2,4-5,7-8H2,(H2,18,20,21). The second-order valence-electron chi connectivity index (χ2n) is 5.96. The molecule has 0 radical (unpaired) electrons. The molecule has 0 aliphatic carbocycles. The molecule has 4 heterocycles. The second-order valence-corrected chi connectivity index (χ2v) is 5.96. The van der Waals surface area contributed by atoms with E-state index >= 15 is 0 Å². The summed E-state index contributed by atoms with van der Waals surface area (Å²) >= 11 is 0. The van der Waals surface area contributed by atoms with Crippen molar-refractivity contribution in [3.63, 3.8) is 0 Å². The third kappa shape index (κ3) is 3.03. The number of likely N-dealkylation sites (tertiary alicyclic amines) is 1. The van der Waals surface area contributed by atoms with Crippen molar-refractivity contribution >= 4 is 11.5 Å². The van der Waals surface area contributed by atoms with Gasteiger partial charge in [-0.15, -0.1) is 0 Å². The minimum Gasteiger partial charge on any atom is -0.492 e. The molecule has 0 amide bonds. The van der Waals surface area contributed by atoms with E-state index < -0.39 is 0 Å². The van der Waals surface area contributed by atoms with Crippen LogP contribution in [0, 0.1) is 0 Å². The van der Waals surface area contributed by atoms with E-state index in [-0.39, 0.29) is 0 Å². The Morgan fingerprint density at radius 1 is 1.12 bits per heavy atom. The Hall–Kier alpha value is -2.67. The van der Waals surface area contributed by atoms with E-state index in [2.05, 4.69) is 19.9 Å². The van der Waals surface area contributed by atoms with Crippen LogP contribution >= 0.6 is 0 Å². The van der Waals surface area contributed by atoms with Crippen LogP contribution in [-0.4, -0.2) is 50.5 Å². The van der Waals surface area contributed by atoms with Crippen molar-refractivity contribution in [2.24, 2.45) is 0 Å². The van der Waals surface area contributed by atoms with Crippen LogP contribution in [0.15, 0.2) is 36.9 Å². The lowest BCUT2D eigenvalue weighted by atomic mass is 10.3. The van der Waals surface area contributed by atoms with Crippen molar-refractivity contribution in [3.05, 3.63) is 36.9 Å². The highest BCUT2D eigenvalue weighted by atomic mass is 16.5. The molecular formula is C17H20N6O. The largest absolute Gasteiger partial charge is 0.492 e. The van der Waals surface area contributed by atoms with E-state index in [1.54, 1.807) is 12.3 Å². The zero-order chi connectivity index (χ0) is 16.4. The van der Waals surface area contributed by atoms with E-state index in [9.17, 15) is 0 Å². The predicted molar refractivity (Wildman–Crippen MR) is 91.8 cm³/mol. The van der Waals surface area contributed by atoms with Gasteiger partial charge in [-0.3, -0.25) is 9.30 Å². The molecule has 24 heavy (non-hydrogen) atoms. The van der Waals surface area contributed by atoms with Crippen molar-refractivity contribution in [2.75, 3.05) is 32.0 Å². The lowest BCUT2D eigenvalue weighted by Crippen LogP contribution is -2.25. The van der Waals surface area contributed by atoms with Crippen molar-refractivity contribution in [2.45, 2.75) is 12.8 Å². The molecule has 0 bridgehead atoms. The molecule has 0 spiro atoms. The van der Waals surface area contributed by atoms with Crippen LogP contribution in [0.2, 0.25) is 0 Å². The van der Waals surface area contributed by atoms with Gasteiger partial charge < -0.3 is 10.5 Å². The first-order valence-corrected chi connectivity index (χ1v) is 8.20. The summed E-state index contributed by atoms with van der Waals surface area (Å²) in [5, 5.41) is 0. The zero-order valence-electron chi connectivity index (χ0n) is 13.4. The number of fused-ring (bicyclic) bond motifs is 1. The van der Waals surface area contributed by atoms with E-state index in [1.807, 2.05) is 22.7 Å². The van der Waals surface area contributed by atoms with Crippen molar-refractivity contribution in [1.82, 2.24) is 24.3 Å². The fourth-order valence-electron chi connectivity index (χ4n) is 3.05. The summed E-state index contributed by atoms with van der Waals surface area (Å²) in [5.74, 6) is 1.28. The van der Waals surface area contributed by atoms with Gasteiger partial charge in [-0.05, 0) is 32.0 Å². The molecule has 1 aliphatic heterocycles. The summed E-state index contributed by atoms with van der Waals surface area (Å²) in [4.78, 5) is 15.1. The van der Waals surface area contributed by atoms with Crippen LogP contribution in [-0.2, 0) is 0 Å². The number of pyridine rings is 1. The number of nitrogen functional groups attached to an aromatic ring is 1. The fourth-order valence-corrected chi connectivity index (χ4v) is 3.05. The molecule has 124 valence electrons. The fraction of sp³-hybridized carbons (Fsp3) is 0.353. The van der Waals surface area contributed by atoms with Crippen LogP contribution in [0.5, 0.6) is 5.75 Å². The zero-order valence-corrected chi connectivity index (χ0v) is 13.4. The molecule has 2 N–H and O–H groups in total. The number of rotatable bonds is 5. The average molecular weight is 324 g/mol. The Morgan fingerprint density at radius 3 is 2.83 bits per heavy atom. The third-order valence-electron chi connectivity index (χ3n) is 4.31. The minimum atomic E-state index is 0.441. The van der Waals surface area contributed by atoms with Gasteiger partial charge in [0.1, 0.15) is 30.1 Å². The van der Waals surface area contributed by atoms with Crippen molar-refractivity contribution in [1.29, 1.82) is 0 Å².